The number of phenols is 1. The maximum absolute atomic E-state index is 10.3. The van der Waals surface area contributed by atoms with Gasteiger partial charge in [0.2, 0.25) is 6.29 Å². The Kier molecular flexibility index (Phi) is 7.46. The van der Waals surface area contributed by atoms with Gasteiger partial charge in [-0.05, 0) is 35.4 Å². The van der Waals surface area contributed by atoms with E-state index in [0.29, 0.717) is 24.7 Å². The fraction of sp³-hybridized carbons (Fsp3) is 0.538. The summed E-state index contributed by atoms with van der Waals surface area (Å²) in [6.45, 7) is 0.436. The average Bonchev–Trinajstić information content (AvgIpc) is 3.52. The number of hydrogen-bond donors (Lipinski definition) is 5. The first kappa shape index (κ1) is 26.0. The Hall–Kier alpha value is -2.64. The van der Waals surface area contributed by atoms with Gasteiger partial charge < -0.3 is 54.0 Å². The normalized spacial score (nSPS) is 35.2. The third-order valence-corrected chi connectivity index (χ3v) is 7.40. The second-order valence-corrected chi connectivity index (χ2v) is 9.49. The van der Waals surface area contributed by atoms with Gasteiger partial charge >= 0.3 is 0 Å². The molecule has 11 nitrogen and oxygen atoms in total. The average molecular weight is 521 g/mol. The largest absolute Gasteiger partial charge is 0.504 e. The molecule has 3 aliphatic rings. The molecule has 3 saturated heterocycles. The molecule has 0 unspecified atom stereocenters. The predicted molar refractivity (Wildman–Crippen MR) is 126 cm³/mol. The van der Waals surface area contributed by atoms with Crippen LogP contribution in [-0.4, -0.2) is 90.3 Å². The van der Waals surface area contributed by atoms with Crippen molar-refractivity contribution in [1.82, 2.24) is 0 Å². The van der Waals surface area contributed by atoms with Crippen molar-refractivity contribution in [2.75, 3.05) is 34.0 Å². The van der Waals surface area contributed by atoms with Gasteiger partial charge in [-0.3, -0.25) is 0 Å². The smallest absolute Gasteiger partial charge is 0.229 e. The number of methoxy groups -OCH3 is 2. The van der Waals surface area contributed by atoms with Crippen molar-refractivity contribution < 1.29 is 54.0 Å². The highest BCUT2D eigenvalue weighted by atomic mass is 16.7. The van der Waals surface area contributed by atoms with E-state index < -0.39 is 37.3 Å². The van der Waals surface area contributed by atoms with Crippen LogP contribution in [0.3, 0.4) is 0 Å². The summed E-state index contributed by atoms with van der Waals surface area (Å²) in [5, 5.41) is 49.7. The van der Waals surface area contributed by atoms with Gasteiger partial charge in [-0.1, -0.05) is 12.1 Å². The van der Waals surface area contributed by atoms with Gasteiger partial charge in [-0.15, -0.1) is 0 Å². The number of aliphatic hydroxyl groups is 4. The van der Waals surface area contributed by atoms with Gasteiger partial charge in [0, 0.05) is 11.8 Å². The van der Waals surface area contributed by atoms with Crippen molar-refractivity contribution in [3.63, 3.8) is 0 Å². The first-order chi connectivity index (χ1) is 17.9. The molecule has 5 rings (SSSR count). The zero-order chi connectivity index (χ0) is 26.3. The lowest BCUT2D eigenvalue weighted by Crippen LogP contribution is -2.60. The number of hydrogen-bond acceptors (Lipinski definition) is 11. The fourth-order valence-corrected chi connectivity index (χ4v) is 5.35. The SMILES string of the molecule is COc1cc([C@H]2OC[C@@H]3[C@H]2CO[C@H]3c2ccc(O[C@@H]3O[C@H](CO)[C@@H](O)[C@H](O)[C@H]3O)c(OC)c2)ccc1O. The van der Waals surface area contributed by atoms with Crippen LogP contribution < -0.4 is 14.2 Å². The van der Waals surface area contributed by atoms with Crippen LogP contribution in [0.25, 0.3) is 0 Å². The third kappa shape index (κ3) is 4.72. The Labute approximate surface area is 213 Å². The van der Waals surface area contributed by atoms with Crippen molar-refractivity contribution >= 4 is 0 Å². The van der Waals surface area contributed by atoms with E-state index in [1.54, 1.807) is 24.3 Å². The summed E-state index contributed by atoms with van der Waals surface area (Å²) in [4.78, 5) is 0. The maximum atomic E-state index is 10.3. The van der Waals surface area contributed by atoms with Crippen LogP contribution in [0.1, 0.15) is 23.3 Å². The van der Waals surface area contributed by atoms with Gasteiger partial charge in [-0.25, -0.2) is 0 Å². The summed E-state index contributed by atoms with van der Waals surface area (Å²) >= 11 is 0. The van der Waals surface area contributed by atoms with E-state index in [2.05, 4.69) is 0 Å². The molecule has 3 aliphatic heterocycles. The van der Waals surface area contributed by atoms with Crippen LogP contribution in [-0.2, 0) is 14.2 Å². The lowest BCUT2D eigenvalue weighted by atomic mass is 9.85. The monoisotopic (exact) mass is 520 g/mol. The summed E-state index contributed by atoms with van der Waals surface area (Å²) in [5.41, 5.74) is 1.77. The van der Waals surface area contributed by atoms with Gasteiger partial charge in [0.1, 0.15) is 24.4 Å². The molecule has 0 aliphatic carbocycles. The molecule has 202 valence electrons. The topological polar surface area (TPSA) is 157 Å². The van der Waals surface area contributed by atoms with Crippen LogP contribution in [0.4, 0.5) is 0 Å². The van der Waals surface area contributed by atoms with Crippen LogP contribution in [0.15, 0.2) is 36.4 Å². The quantitative estimate of drug-likeness (QED) is 0.349. The number of fused-ring (bicyclic) bond motifs is 1. The third-order valence-electron chi connectivity index (χ3n) is 7.40. The summed E-state index contributed by atoms with van der Waals surface area (Å²) in [6.07, 6.45) is -7.41. The molecule has 5 N–H and O–H groups in total. The van der Waals surface area contributed by atoms with Crippen molar-refractivity contribution in [3.05, 3.63) is 47.5 Å². The molecule has 11 heteroatoms. The number of benzene rings is 2. The van der Waals surface area contributed by atoms with Gasteiger partial charge in [-0.2, -0.15) is 0 Å². The Morgan fingerprint density at radius 2 is 1.38 bits per heavy atom. The number of aromatic hydroxyl groups is 1. The first-order valence-electron chi connectivity index (χ1n) is 12.1. The second kappa shape index (κ2) is 10.6. The zero-order valence-electron chi connectivity index (χ0n) is 20.5. The number of aliphatic hydroxyl groups excluding tert-OH is 4. The number of phenolic OH excluding ortho intramolecular Hbond substituents is 1. The minimum absolute atomic E-state index is 0.0689. The summed E-state index contributed by atoms with van der Waals surface area (Å²) in [7, 11) is 2.98. The molecule has 0 bridgehead atoms. The highest BCUT2D eigenvalue weighted by Crippen LogP contribution is 2.51. The molecule has 3 heterocycles. The van der Waals surface area contributed by atoms with Crippen LogP contribution >= 0.6 is 0 Å². The molecule has 9 atom stereocenters. The van der Waals surface area contributed by atoms with Gasteiger partial charge in [0.15, 0.2) is 23.0 Å². The predicted octanol–water partition coefficient (Wildman–Crippen LogP) is 0.663. The van der Waals surface area contributed by atoms with E-state index in [1.807, 2.05) is 12.1 Å². The van der Waals surface area contributed by atoms with Crippen LogP contribution in [0, 0.1) is 11.8 Å². The molecule has 2 aromatic rings. The molecule has 0 aromatic heterocycles. The van der Waals surface area contributed by atoms with E-state index in [0.717, 1.165) is 11.1 Å². The molecular weight excluding hydrogens is 488 g/mol. The molecule has 0 spiro atoms. The zero-order valence-corrected chi connectivity index (χ0v) is 20.5. The highest BCUT2D eigenvalue weighted by molar-refractivity contribution is 5.45. The highest BCUT2D eigenvalue weighted by Gasteiger charge is 2.49. The second-order valence-electron chi connectivity index (χ2n) is 9.49. The fourth-order valence-electron chi connectivity index (χ4n) is 5.35. The Balaban J connectivity index is 1.32. The Bertz CT molecular complexity index is 1090. The minimum Gasteiger partial charge on any atom is -0.504 e. The van der Waals surface area contributed by atoms with Gasteiger partial charge in [0.25, 0.3) is 0 Å². The minimum atomic E-state index is -1.55. The molecule has 37 heavy (non-hydrogen) atoms. The summed E-state index contributed by atoms with van der Waals surface area (Å²) < 4.78 is 34.3. The molecule has 2 aromatic carbocycles. The van der Waals surface area contributed by atoms with Gasteiger partial charge in [0.05, 0.1) is 46.2 Å². The summed E-state index contributed by atoms with van der Waals surface area (Å²) in [6, 6.07) is 10.5. The van der Waals surface area contributed by atoms with Crippen LogP contribution in [0.2, 0.25) is 0 Å². The van der Waals surface area contributed by atoms with E-state index in [4.69, 9.17) is 28.4 Å². The lowest BCUT2D eigenvalue weighted by Gasteiger charge is -2.39. The van der Waals surface area contributed by atoms with Crippen molar-refractivity contribution in [2.24, 2.45) is 11.8 Å². The van der Waals surface area contributed by atoms with Crippen molar-refractivity contribution in [1.29, 1.82) is 0 Å². The van der Waals surface area contributed by atoms with E-state index in [9.17, 15) is 25.5 Å². The number of rotatable bonds is 7. The Morgan fingerprint density at radius 3 is 1.97 bits per heavy atom. The first-order valence-corrected chi connectivity index (χ1v) is 12.1. The van der Waals surface area contributed by atoms with E-state index >= 15 is 0 Å². The molecular formula is C26H32O11. The standard InChI is InChI=1S/C26H32O11/c1-32-18-7-12(3-5-16(18)28)24-14-10-35-25(15(14)11-34-24)13-4-6-17(19(8-13)33-2)36-26-23(31)22(30)21(29)20(9-27)37-26/h3-8,14-15,20-31H,9-11H2,1-2H3/t14-,15-,20-,21-,22+,23-,24-,25+,26-/m1/s1. The molecule has 0 amide bonds. The van der Waals surface area contributed by atoms with E-state index in [-0.39, 0.29) is 35.5 Å². The summed E-state index contributed by atoms with van der Waals surface area (Å²) in [5.74, 6) is 1.27. The Morgan fingerprint density at radius 1 is 0.784 bits per heavy atom. The van der Waals surface area contributed by atoms with E-state index in [1.165, 1.54) is 14.2 Å². The van der Waals surface area contributed by atoms with Crippen LogP contribution in [0.5, 0.6) is 23.0 Å². The molecule has 0 radical (unpaired) electrons. The van der Waals surface area contributed by atoms with Crippen molar-refractivity contribution in [3.8, 4) is 23.0 Å². The number of ether oxygens (including phenoxy) is 6. The molecule has 0 saturated carbocycles. The maximum Gasteiger partial charge on any atom is 0.229 e. The van der Waals surface area contributed by atoms with Crippen molar-refractivity contribution in [2.45, 2.75) is 42.9 Å². The lowest BCUT2D eigenvalue weighted by molar-refractivity contribution is -0.277. The molecule has 3 fully saturated rings.